The van der Waals surface area contributed by atoms with E-state index < -0.39 is 0 Å². The van der Waals surface area contributed by atoms with Crippen molar-refractivity contribution in [3.63, 3.8) is 0 Å². The summed E-state index contributed by atoms with van der Waals surface area (Å²) in [6.07, 6.45) is 0. The maximum Gasteiger partial charge on any atom is 0.275 e. The molecule has 0 saturated carbocycles. The van der Waals surface area contributed by atoms with E-state index in [0.29, 0.717) is 27.7 Å². The van der Waals surface area contributed by atoms with Gasteiger partial charge in [-0.15, -0.1) is 0 Å². The van der Waals surface area contributed by atoms with E-state index >= 15 is 0 Å². The number of nitrogens with two attached hydrogens (primary N) is 1. The molecule has 2 aromatic rings. The second-order valence-corrected chi connectivity index (χ2v) is 4.63. The molecule has 94 valence electrons. The number of halogens is 1. The Balaban J connectivity index is 2.08. The molecule has 2 aromatic carbocycles. The number of benzene rings is 2. The Hall–Kier alpha value is -2.33. The molecule has 5 heteroatoms. The van der Waals surface area contributed by atoms with Gasteiger partial charge < -0.3 is 11.1 Å². The average molecular weight is 272 g/mol. The summed E-state index contributed by atoms with van der Waals surface area (Å²) in [5.41, 5.74) is 8.75. The minimum absolute atomic E-state index is 0.228. The maximum absolute atomic E-state index is 11.9. The third-order valence-electron chi connectivity index (χ3n) is 2.83. The largest absolute Gasteiger partial charge is 0.399 e. The van der Waals surface area contributed by atoms with E-state index in [1.54, 1.807) is 42.5 Å². The number of rotatable bonds is 1. The standard InChI is InChI=1S/C14H10ClN3O/c15-8-1-6-12-11(7-8)13(14(19)18-12)17-10-4-2-9(16)3-5-10/h1-7H,16H2,(H,17,18,19). The Morgan fingerprint density at radius 2 is 1.84 bits per heavy atom. The van der Waals surface area contributed by atoms with Gasteiger partial charge in [-0.05, 0) is 42.5 Å². The van der Waals surface area contributed by atoms with Gasteiger partial charge in [-0.2, -0.15) is 0 Å². The molecular formula is C14H10ClN3O. The van der Waals surface area contributed by atoms with Gasteiger partial charge in [0, 0.05) is 16.3 Å². The van der Waals surface area contributed by atoms with E-state index in [9.17, 15) is 4.79 Å². The molecule has 3 N–H and O–H groups in total. The van der Waals surface area contributed by atoms with Crippen molar-refractivity contribution in [1.82, 2.24) is 0 Å². The summed E-state index contributed by atoms with van der Waals surface area (Å²) in [4.78, 5) is 16.3. The van der Waals surface area contributed by atoms with Gasteiger partial charge in [-0.1, -0.05) is 11.6 Å². The van der Waals surface area contributed by atoms with Crippen molar-refractivity contribution in [2.75, 3.05) is 11.1 Å². The van der Waals surface area contributed by atoms with E-state index in [2.05, 4.69) is 10.3 Å². The van der Waals surface area contributed by atoms with E-state index in [4.69, 9.17) is 17.3 Å². The highest BCUT2D eigenvalue weighted by molar-refractivity contribution is 6.54. The van der Waals surface area contributed by atoms with E-state index in [1.807, 2.05) is 0 Å². The van der Waals surface area contributed by atoms with Gasteiger partial charge in [0.15, 0.2) is 0 Å². The zero-order chi connectivity index (χ0) is 13.4. The third kappa shape index (κ3) is 2.18. The predicted octanol–water partition coefficient (Wildman–Crippen LogP) is 3.00. The molecule has 3 rings (SSSR count). The molecule has 1 aliphatic heterocycles. The smallest absolute Gasteiger partial charge is 0.275 e. The SMILES string of the molecule is Nc1ccc(N=C2C(=O)Nc3ccc(Cl)cc32)cc1. The summed E-state index contributed by atoms with van der Waals surface area (Å²) in [5, 5.41) is 3.32. The molecule has 0 fully saturated rings. The lowest BCUT2D eigenvalue weighted by molar-refractivity contribution is -0.110. The van der Waals surface area contributed by atoms with Crippen LogP contribution in [0.2, 0.25) is 5.02 Å². The Kier molecular flexibility index (Phi) is 2.72. The van der Waals surface area contributed by atoms with Gasteiger partial charge in [0.2, 0.25) is 0 Å². The molecule has 19 heavy (non-hydrogen) atoms. The van der Waals surface area contributed by atoms with Gasteiger partial charge in [-0.25, -0.2) is 4.99 Å². The molecule has 1 aliphatic rings. The second kappa shape index (κ2) is 4.40. The van der Waals surface area contributed by atoms with Crippen molar-refractivity contribution < 1.29 is 4.79 Å². The van der Waals surface area contributed by atoms with Crippen molar-refractivity contribution in [3.8, 4) is 0 Å². The van der Waals surface area contributed by atoms with Crippen LogP contribution in [0.4, 0.5) is 17.1 Å². The van der Waals surface area contributed by atoms with Crippen LogP contribution in [0.3, 0.4) is 0 Å². The summed E-state index contributed by atoms with van der Waals surface area (Å²) in [7, 11) is 0. The Bertz CT molecular complexity index is 692. The van der Waals surface area contributed by atoms with Crippen LogP contribution in [-0.2, 0) is 4.79 Å². The number of fused-ring (bicyclic) bond motifs is 1. The highest BCUT2D eigenvalue weighted by Crippen LogP contribution is 2.28. The summed E-state index contributed by atoms with van der Waals surface area (Å²) in [6, 6.07) is 12.2. The number of hydrogen-bond donors (Lipinski definition) is 2. The zero-order valence-electron chi connectivity index (χ0n) is 9.85. The van der Waals surface area contributed by atoms with Gasteiger partial charge in [0.25, 0.3) is 5.91 Å². The van der Waals surface area contributed by atoms with Gasteiger partial charge in [0.05, 0.1) is 11.4 Å². The van der Waals surface area contributed by atoms with Crippen molar-refractivity contribution in [1.29, 1.82) is 0 Å². The lowest BCUT2D eigenvalue weighted by atomic mass is 10.1. The average Bonchev–Trinajstić information content (AvgIpc) is 2.69. The Morgan fingerprint density at radius 3 is 2.58 bits per heavy atom. The first kappa shape index (κ1) is 11.7. The molecule has 1 heterocycles. The quantitative estimate of drug-likeness (QED) is 0.783. The van der Waals surface area contributed by atoms with Crippen molar-refractivity contribution in [2.24, 2.45) is 4.99 Å². The van der Waals surface area contributed by atoms with E-state index in [1.165, 1.54) is 0 Å². The highest BCUT2D eigenvalue weighted by atomic mass is 35.5. The number of carbonyl (C=O) groups is 1. The highest BCUT2D eigenvalue weighted by Gasteiger charge is 2.25. The van der Waals surface area contributed by atoms with Gasteiger partial charge >= 0.3 is 0 Å². The summed E-state index contributed by atoms with van der Waals surface area (Å²) >= 11 is 5.95. The van der Waals surface area contributed by atoms with Crippen LogP contribution in [0.5, 0.6) is 0 Å². The van der Waals surface area contributed by atoms with Crippen molar-refractivity contribution in [2.45, 2.75) is 0 Å². The normalized spacial score (nSPS) is 15.4. The van der Waals surface area contributed by atoms with Crippen LogP contribution < -0.4 is 11.1 Å². The molecule has 0 radical (unpaired) electrons. The topological polar surface area (TPSA) is 67.5 Å². The molecule has 0 aliphatic carbocycles. The van der Waals surface area contributed by atoms with Gasteiger partial charge in [0.1, 0.15) is 5.71 Å². The minimum atomic E-state index is -0.228. The fourth-order valence-electron chi connectivity index (χ4n) is 1.91. The number of nitrogens with one attached hydrogen (secondary N) is 1. The number of aliphatic imine (C=N–C) groups is 1. The van der Waals surface area contributed by atoms with Crippen LogP contribution in [0.25, 0.3) is 0 Å². The number of anilines is 2. The lowest BCUT2D eigenvalue weighted by Crippen LogP contribution is -2.13. The first-order valence-electron chi connectivity index (χ1n) is 5.69. The maximum atomic E-state index is 11.9. The number of hydrogen-bond acceptors (Lipinski definition) is 3. The van der Waals surface area contributed by atoms with Crippen LogP contribution in [0.1, 0.15) is 5.56 Å². The Morgan fingerprint density at radius 1 is 1.11 bits per heavy atom. The fourth-order valence-corrected chi connectivity index (χ4v) is 2.09. The zero-order valence-corrected chi connectivity index (χ0v) is 10.6. The second-order valence-electron chi connectivity index (χ2n) is 4.20. The first-order chi connectivity index (χ1) is 9.13. The molecular weight excluding hydrogens is 262 g/mol. The van der Waals surface area contributed by atoms with Crippen molar-refractivity contribution in [3.05, 3.63) is 53.1 Å². The number of nitrogens with zero attached hydrogens (tertiary/aromatic N) is 1. The van der Waals surface area contributed by atoms with Crippen LogP contribution in [0, 0.1) is 0 Å². The number of amides is 1. The molecule has 0 aromatic heterocycles. The van der Waals surface area contributed by atoms with Crippen molar-refractivity contribution >= 4 is 40.3 Å². The molecule has 1 amide bonds. The number of nitrogen functional groups attached to an aromatic ring is 1. The molecule has 0 saturated heterocycles. The molecule has 0 spiro atoms. The van der Waals surface area contributed by atoms with Gasteiger partial charge in [-0.3, -0.25) is 4.79 Å². The third-order valence-corrected chi connectivity index (χ3v) is 3.07. The molecule has 0 unspecified atom stereocenters. The Labute approximate surface area is 114 Å². The lowest BCUT2D eigenvalue weighted by Gasteiger charge is -1.99. The monoisotopic (exact) mass is 271 g/mol. The van der Waals surface area contributed by atoms with Crippen LogP contribution in [0.15, 0.2) is 47.5 Å². The fraction of sp³-hybridized carbons (Fsp3) is 0. The number of carbonyl (C=O) groups excluding carboxylic acids is 1. The summed E-state index contributed by atoms with van der Waals surface area (Å²) in [6.45, 7) is 0. The summed E-state index contributed by atoms with van der Waals surface area (Å²) < 4.78 is 0. The van der Waals surface area contributed by atoms with E-state index in [0.717, 1.165) is 5.69 Å². The summed E-state index contributed by atoms with van der Waals surface area (Å²) in [5.74, 6) is -0.228. The molecule has 4 nitrogen and oxygen atoms in total. The minimum Gasteiger partial charge on any atom is -0.399 e. The predicted molar refractivity (Wildman–Crippen MR) is 77.1 cm³/mol. The molecule has 0 atom stereocenters. The van der Waals surface area contributed by atoms with E-state index in [-0.39, 0.29) is 5.91 Å². The van der Waals surface area contributed by atoms with Crippen LogP contribution in [-0.4, -0.2) is 11.6 Å². The first-order valence-corrected chi connectivity index (χ1v) is 6.07. The molecule has 0 bridgehead atoms. The van der Waals surface area contributed by atoms with Crippen LogP contribution >= 0.6 is 11.6 Å².